The molecule has 1 aliphatic heterocycles. The third-order valence-electron chi connectivity index (χ3n) is 3.72. The lowest BCUT2D eigenvalue weighted by Crippen LogP contribution is -2.37. The van der Waals surface area contributed by atoms with Crippen LogP contribution in [0.1, 0.15) is 37.8 Å². The average Bonchev–Trinajstić information content (AvgIpc) is 2.55. The minimum atomic E-state index is -0.833. The van der Waals surface area contributed by atoms with E-state index in [1.807, 2.05) is 24.3 Å². The Hall–Kier alpha value is -2.45. The van der Waals surface area contributed by atoms with Crippen LogP contribution >= 0.6 is 0 Å². The molecule has 1 fully saturated rings. The van der Waals surface area contributed by atoms with Gasteiger partial charge in [-0.2, -0.15) is 0 Å². The molecule has 1 heterocycles. The van der Waals surface area contributed by atoms with Gasteiger partial charge in [-0.1, -0.05) is 24.3 Å². The van der Waals surface area contributed by atoms with E-state index in [9.17, 15) is 4.79 Å². The van der Waals surface area contributed by atoms with Crippen LogP contribution in [-0.4, -0.2) is 57.8 Å². The van der Waals surface area contributed by atoms with Gasteiger partial charge in [0.25, 0.3) is 11.9 Å². The third-order valence-corrected chi connectivity index (χ3v) is 3.72. The molecular formula is C19H30N2O6. The van der Waals surface area contributed by atoms with Gasteiger partial charge in [-0.15, -0.1) is 0 Å². The summed E-state index contributed by atoms with van der Waals surface area (Å²) in [5.41, 5.74) is 7.84. The Morgan fingerprint density at radius 3 is 1.96 bits per heavy atom. The van der Waals surface area contributed by atoms with Crippen LogP contribution in [0.5, 0.6) is 0 Å². The summed E-state index contributed by atoms with van der Waals surface area (Å²) in [6.07, 6.45) is 2.56. The van der Waals surface area contributed by atoms with Crippen molar-refractivity contribution in [3.8, 4) is 0 Å². The van der Waals surface area contributed by atoms with E-state index in [-0.39, 0.29) is 6.42 Å². The molecule has 0 radical (unpaired) electrons. The molecule has 8 heteroatoms. The van der Waals surface area contributed by atoms with Crippen LogP contribution < -0.4 is 5.73 Å². The quantitative estimate of drug-likeness (QED) is 0.602. The monoisotopic (exact) mass is 382 g/mol. The van der Waals surface area contributed by atoms with Gasteiger partial charge in [0.1, 0.15) is 0 Å². The van der Waals surface area contributed by atoms with Crippen molar-refractivity contribution in [3.05, 3.63) is 35.4 Å². The number of hydrogen-bond donors (Lipinski definition) is 4. The number of carboxylic acids is 3. The van der Waals surface area contributed by atoms with E-state index >= 15 is 0 Å². The molecule has 0 spiro atoms. The molecule has 8 nitrogen and oxygen atoms in total. The zero-order valence-corrected chi connectivity index (χ0v) is 15.9. The number of aliphatic carboxylic acids is 3. The molecule has 0 aromatic heterocycles. The number of nitrogens with two attached hydrogens (primary N) is 1. The maximum atomic E-state index is 10.6. The van der Waals surface area contributed by atoms with Gasteiger partial charge >= 0.3 is 5.97 Å². The lowest BCUT2D eigenvalue weighted by molar-refractivity contribution is -0.136. The summed E-state index contributed by atoms with van der Waals surface area (Å²) < 4.78 is 0. The van der Waals surface area contributed by atoms with Crippen LogP contribution in [0.2, 0.25) is 0 Å². The fourth-order valence-electron chi connectivity index (χ4n) is 2.68. The van der Waals surface area contributed by atoms with Gasteiger partial charge < -0.3 is 21.1 Å². The first-order valence-electron chi connectivity index (χ1n) is 8.75. The topological polar surface area (TPSA) is 141 Å². The number of nitrogens with zero attached hydrogens (tertiary/aromatic N) is 1. The molecule has 1 aliphatic rings. The van der Waals surface area contributed by atoms with Crippen LogP contribution in [0.4, 0.5) is 0 Å². The summed E-state index contributed by atoms with van der Waals surface area (Å²) in [5, 5.41) is 23.6. The van der Waals surface area contributed by atoms with Gasteiger partial charge in [0, 0.05) is 26.9 Å². The highest BCUT2D eigenvalue weighted by atomic mass is 16.4. The molecule has 0 saturated carbocycles. The van der Waals surface area contributed by atoms with Gasteiger partial charge in [-0.3, -0.25) is 19.3 Å². The lowest BCUT2D eigenvalue weighted by Gasteiger charge is -2.32. The van der Waals surface area contributed by atoms with E-state index in [0.717, 1.165) is 45.6 Å². The van der Waals surface area contributed by atoms with Crippen molar-refractivity contribution in [3.63, 3.8) is 0 Å². The molecule has 1 saturated heterocycles. The number of rotatable bonds is 5. The van der Waals surface area contributed by atoms with E-state index in [1.54, 1.807) is 0 Å². The fourth-order valence-corrected chi connectivity index (χ4v) is 2.68. The normalized spacial score (nSPS) is 16.2. The maximum Gasteiger partial charge on any atom is 0.307 e. The Kier molecular flexibility index (Phi) is 12.5. The molecule has 0 bridgehead atoms. The van der Waals surface area contributed by atoms with Crippen molar-refractivity contribution in [2.24, 2.45) is 11.7 Å². The second-order valence-electron chi connectivity index (χ2n) is 6.40. The van der Waals surface area contributed by atoms with Gasteiger partial charge in [0.15, 0.2) is 0 Å². The van der Waals surface area contributed by atoms with Crippen molar-refractivity contribution in [1.29, 1.82) is 0 Å². The number of carboxylic acid groups (broad SMARTS) is 3. The first-order chi connectivity index (χ1) is 12.6. The lowest BCUT2D eigenvalue weighted by atomic mass is 9.98. The molecule has 5 N–H and O–H groups in total. The number of carbonyl (C=O) groups is 3. The Balaban J connectivity index is 0.000000718. The first kappa shape index (κ1) is 24.6. The van der Waals surface area contributed by atoms with Gasteiger partial charge in [0.05, 0.1) is 6.42 Å². The number of benzene rings is 1. The zero-order chi connectivity index (χ0) is 20.8. The Morgan fingerprint density at radius 2 is 1.52 bits per heavy atom. The van der Waals surface area contributed by atoms with Crippen LogP contribution in [0.15, 0.2) is 24.3 Å². The van der Waals surface area contributed by atoms with Gasteiger partial charge in [0.2, 0.25) is 0 Å². The van der Waals surface area contributed by atoms with E-state index in [2.05, 4.69) is 4.90 Å². The molecule has 27 heavy (non-hydrogen) atoms. The van der Waals surface area contributed by atoms with E-state index in [4.69, 9.17) is 30.6 Å². The smallest absolute Gasteiger partial charge is 0.307 e. The van der Waals surface area contributed by atoms with Crippen molar-refractivity contribution in [2.45, 2.75) is 39.7 Å². The number of piperidine rings is 1. The minimum Gasteiger partial charge on any atom is -0.481 e. The van der Waals surface area contributed by atoms with Crippen molar-refractivity contribution in [1.82, 2.24) is 4.90 Å². The van der Waals surface area contributed by atoms with Crippen LogP contribution in [0.3, 0.4) is 0 Å². The third kappa shape index (κ3) is 14.4. The number of hydrogen-bond acceptors (Lipinski definition) is 5. The largest absolute Gasteiger partial charge is 0.481 e. The van der Waals surface area contributed by atoms with Crippen molar-refractivity contribution >= 4 is 17.9 Å². The molecule has 2 rings (SSSR count). The average molecular weight is 382 g/mol. The predicted molar refractivity (Wildman–Crippen MR) is 101 cm³/mol. The second kappa shape index (κ2) is 13.7. The summed E-state index contributed by atoms with van der Waals surface area (Å²) in [5.74, 6) is -1.82. The molecule has 0 amide bonds. The molecule has 1 aromatic carbocycles. The molecule has 1 aromatic rings. The molecular weight excluding hydrogens is 352 g/mol. The standard InChI is InChI=1S/C15H22N2O2.2C2H4O2/c16-9-14-2-1-7-17(11-14)10-13-5-3-12(4-6-13)8-15(18)19;2*1-2(3)4/h3-6,14H,1-2,7-11,16H2,(H,18,19);2*1H3,(H,3,4). The zero-order valence-electron chi connectivity index (χ0n) is 15.9. The Bertz CT molecular complexity index is 568. The van der Waals surface area contributed by atoms with E-state index in [1.165, 1.54) is 18.4 Å². The number of likely N-dealkylation sites (tertiary alicyclic amines) is 1. The first-order valence-corrected chi connectivity index (χ1v) is 8.75. The summed E-state index contributed by atoms with van der Waals surface area (Å²) in [4.78, 5) is 31.1. The highest BCUT2D eigenvalue weighted by Crippen LogP contribution is 2.18. The van der Waals surface area contributed by atoms with E-state index in [0.29, 0.717) is 5.92 Å². The van der Waals surface area contributed by atoms with Gasteiger partial charge in [-0.05, 0) is 43.0 Å². The Morgan fingerprint density at radius 1 is 1.04 bits per heavy atom. The van der Waals surface area contributed by atoms with Crippen molar-refractivity contribution in [2.75, 3.05) is 19.6 Å². The minimum absolute atomic E-state index is 0.0965. The summed E-state index contributed by atoms with van der Waals surface area (Å²) in [7, 11) is 0. The molecule has 0 aliphatic carbocycles. The highest BCUT2D eigenvalue weighted by Gasteiger charge is 2.18. The van der Waals surface area contributed by atoms with Crippen molar-refractivity contribution < 1.29 is 29.7 Å². The maximum absolute atomic E-state index is 10.6. The molecule has 152 valence electrons. The SMILES string of the molecule is CC(=O)O.CC(=O)O.NCC1CCCN(Cc2ccc(CC(=O)O)cc2)C1. The van der Waals surface area contributed by atoms with Crippen LogP contribution in [-0.2, 0) is 27.3 Å². The predicted octanol–water partition coefficient (Wildman–Crippen LogP) is 1.67. The fraction of sp³-hybridized carbons (Fsp3) is 0.526. The molecule has 1 unspecified atom stereocenters. The second-order valence-corrected chi connectivity index (χ2v) is 6.40. The van der Waals surface area contributed by atoms with Crippen LogP contribution in [0, 0.1) is 5.92 Å². The summed E-state index contributed by atoms with van der Waals surface area (Å²) in [6.45, 7) is 6.08. The van der Waals surface area contributed by atoms with Gasteiger partial charge in [-0.25, -0.2) is 0 Å². The Labute approximate surface area is 159 Å². The summed E-state index contributed by atoms with van der Waals surface area (Å²) >= 11 is 0. The highest BCUT2D eigenvalue weighted by molar-refractivity contribution is 5.70. The molecule has 1 atom stereocenters. The van der Waals surface area contributed by atoms with E-state index < -0.39 is 17.9 Å². The van der Waals surface area contributed by atoms with Crippen LogP contribution in [0.25, 0.3) is 0 Å². The summed E-state index contributed by atoms with van der Waals surface area (Å²) in [6, 6.07) is 7.89.